The molecule has 0 heterocycles. The Hall–Kier alpha value is -2.16. The van der Waals surface area contributed by atoms with Crippen LogP contribution < -0.4 is 0 Å². The van der Waals surface area contributed by atoms with Crippen molar-refractivity contribution in [1.82, 2.24) is 0 Å². The lowest BCUT2D eigenvalue weighted by atomic mass is 10.1. The molecular weight excluding hydrogens is 216 g/mol. The molecule has 2 rings (SSSR count). The molecule has 0 fully saturated rings. The molecule has 0 saturated carbocycles. The van der Waals surface area contributed by atoms with Gasteiger partial charge in [-0.1, -0.05) is 30.3 Å². The molecule has 0 aliphatic heterocycles. The number of hydrogen-bond donors (Lipinski definition) is 0. The van der Waals surface area contributed by atoms with Crippen LogP contribution in [0.5, 0.6) is 0 Å². The van der Waals surface area contributed by atoms with Gasteiger partial charge in [-0.05, 0) is 24.1 Å². The van der Waals surface area contributed by atoms with Crippen LogP contribution >= 0.6 is 0 Å². The van der Waals surface area contributed by atoms with Gasteiger partial charge < -0.3 is 4.74 Å². The number of Topliss-reactive ketones (excluding diaryl/α,β-unsaturated/α-hetero) is 1. The number of rotatable bonds is 2. The van der Waals surface area contributed by atoms with Gasteiger partial charge in [0.25, 0.3) is 0 Å². The molecule has 2 aliphatic carbocycles. The van der Waals surface area contributed by atoms with Crippen molar-refractivity contribution >= 4 is 11.8 Å². The van der Waals surface area contributed by atoms with Crippen LogP contribution in [0.2, 0.25) is 0 Å². The quantitative estimate of drug-likeness (QED) is 0.586. The average Bonchev–Trinajstić information content (AvgIpc) is 2.51. The fourth-order valence-corrected chi connectivity index (χ4v) is 1.89. The van der Waals surface area contributed by atoms with Crippen molar-refractivity contribution in [3.8, 4) is 11.1 Å². The highest BCUT2D eigenvalue weighted by molar-refractivity contribution is 6.09. The predicted molar refractivity (Wildman–Crippen MR) is 64.4 cm³/mol. The molecule has 0 atom stereocenters. The molecule has 0 spiro atoms. The first-order chi connectivity index (χ1) is 8.15. The van der Waals surface area contributed by atoms with Crippen LogP contribution in [0.1, 0.15) is 27.6 Å². The Labute approximate surface area is 99.4 Å². The van der Waals surface area contributed by atoms with Crippen molar-refractivity contribution in [3.63, 3.8) is 0 Å². The minimum absolute atomic E-state index is 0.0589. The third kappa shape index (κ3) is 1.91. The number of hydrogen-bond acceptors (Lipinski definition) is 3. The highest BCUT2D eigenvalue weighted by atomic mass is 16.5. The van der Waals surface area contributed by atoms with Crippen LogP contribution in [0.4, 0.5) is 0 Å². The molecule has 0 unspecified atom stereocenters. The van der Waals surface area contributed by atoms with E-state index in [0.717, 1.165) is 11.1 Å². The fraction of sp³-hybridized carbons (Fsp3) is 0.143. The monoisotopic (exact) mass is 228 g/mol. The predicted octanol–water partition coefficient (Wildman–Crippen LogP) is 2.78. The highest BCUT2D eigenvalue weighted by Gasteiger charge is 2.21. The van der Waals surface area contributed by atoms with Crippen molar-refractivity contribution < 1.29 is 14.3 Å². The first-order valence-electron chi connectivity index (χ1n) is 5.26. The molecule has 0 aromatic carbocycles. The normalized spacial score (nSPS) is 10.2. The number of carbonyl (C=O) groups is 2. The molecular formula is C14H12O3. The van der Waals surface area contributed by atoms with Crippen molar-refractivity contribution in [2.24, 2.45) is 0 Å². The van der Waals surface area contributed by atoms with Gasteiger partial charge in [0.2, 0.25) is 0 Å². The van der Waals surface area contributed by atoms with Gasteiger partial charge in [-0.2, -0.15) is 0 Å². The lowest BCUT2D eigenvalue weighted by Gasteiger charge is -1.99. The summed E-state index contributed by atoms with van der Waals surface area (Å²) < 4.78 is 4.72. The largest absolute Gasteiger partial charge is 0.465 e. The summed E-state index contributed by atoms with van der Waals surface area (Å²) >= 11 is 0. The summed E-state index contributed by atoms with van der Waals surface area (Å²) in [5.74, 6) is -0.481. The third-order valence-electron chi connectivity index (χ3n) is 2.69. The van der Waals surface area contributed by atoms with E-state index in [-0.39, 0.29) is 5.78 Å². The molecule has 0 bridgehead atoms. The van der Waals surface area contributed by atoms with Gasteiger partial charge in [-0.15, -0.1) is 0 Å². The topological polar surface area (TPSA) is 43.4 Å². The van der Waals surface area contributed by atoms with Crippen molar-refractivity contribution in [3.05, 3.63) is 47.5 Å². The van der Waals surface area contributed by atoms with Gasteiger partial charge >= 0.3 is 5.97 Å². The maximum absolute atomic E-state index is 11.6. The number of methoxy groups -OCH3 is 1. The van der Waals surface area contributed by atoms with Crippen LogP contribution in [0, 0.1) is 0 Å². The van der Waals surface area contributed by atoms with Crippen LogP contribution in [0.15, 0.2) is 36.4 Å². The van der Waals surface area contributed by atoms with Gasteiger partial charge in [-0.25, -0.2) is 4.79 Å². The maximum Gasteiger partial charge on any atom is 0.338 e. The van der Waals surface area contributed by atoms with Gasteiger partial charge in [0.15, 0.2) is 5.78 Å². The fourth-order valence-electron chi connectivity index (χ4n) is 1.89. The number of ketones is 1. The van der Waals surface area contributed by atoms with Crippen LogP contribution in [-0.4, -0.2) is 18.9 Å². The first kappa shape index (κ1) is 11.3. The summed E-state index contributed by atoms with van der Waals surface area (Å²) in [6.07, 6.45) is 0. The van der Waals surface area contributed by atoms with E-state index >= 15 is 0 Å². The minimum atomic E-state index is -0.422. The van der Waals surface area contributed by atoms with Crippen molar-refractivity contribution in [2.45, 2.75) is 6.92 Å². The van der Waals surface area contributed by atoms with Crippen molar-refractivity contribution in [2.75, 3.05) is 7.11 Å². The number of esters is 1. The second kappa shape index (κ2) is 4.37. The molecule has 17 heavy (non-hydrogen) atoms. The molecule has 0 amide bonds. The summed E-state index contributed by atoms with van der Waals surface area (Å²) in [5.41, 5.74) is 2.51. The van der Waals surface area contributed by atoms with Gasteiger partial charge in [-0.3, -0.25) is 4.79 Å². The number of fused-ring (bicyclic) bond motifs is 1. The lowest BCUT2D eigenvalue weighted by molar-refractivity contribution is 0.0602. The smallest absolute Gasteiger partial charge is 0.338 e. The van der Waals surface area contributed by atoms with Crippen LogP contribution in [-0.2, 0) is 4.74 Å². The van der Waals surface area contributed by atoms with E-state index < -0.39 is 5.97 Å². The summed E-state index contributed by atoms with van der Waals surface area (Å²) in [6.45, 7) is 1.49. The van der Waals surface area contributed by atoms with Gasteiger partial charge in [0.05, 0.1) is 12.7 Å². The molecule has 0 radical (unpaired) electrons. The zero-order valence-electron chi connectivity index (χ0n) is 9.69. The van der Waals surface area contributed by atoms with E-state index in [1.807, 2.05) is 30.3 Å². The average molecular weight is 228 g/mol. The summed E-state index contributed by atoms with van der Waals surface area (Å²) in [6, 6.07) is 10.8. The molecule has 0 aromatic heterocycles. The zero-order valence-corrected chi connectivity index (χ0v) is 9.69. The minimum Gasteiger partial charge on any atom is -0.465 e. The van der Waals surface area contributed by atoms with E-state index in [1.54, 1.807) is 6.07 Å². The second-order valence-corrected chi connectivity index (χ2v) is 3.76. The van der Waals surface area contributed by atoms with Crippen molar-refractivity contribution in [1.29, 1.82) is 0 Å². The Balaban J connectivity index is 2.73. The molecule has 0 aromatic rings. The molecule has 2 aliphatic rings. The second-order valence-electron chi connectivity index (χ2n) is 3.76. The number of ether oxygens (including phenoxy) is 1. The highest BCUT2D eigenvalue weighted by Crippen LogP contribution is 2.32. The van der Waals surface area contributed by atoms with E-state index in [9.17, 15) is 9.59 Å². The summed E-state index contributed by atoms with van der Waals surface area (Å²) in [7, 11) is 1.33. The Morgan fingerprint density at radius 1 is 1.00 bits per heavy atom. The van der Waals surface area contributed by atoms with E-state index in [1.165, 1.54) is 14.0 Å². The molecule has 86 valence electrons. The van der Waals surface area contributed by atoms with Crippen LogP contribution in [0.3, 0.4) is 0 Å². The molecule has 3 nitrogen and oxygen atoms in total. The van der Waals surface area contributed by atoms with E-state index in [0.29, 0.717) is 11.1 Å². The zero-order chi connectivity index (χ0) is 12.4. The standard InChI is InChI=1S/C14H12O3/c1-9(15)12-8-13(14(16)17-2)11-7-5-3-4-6-10(11)12/h3-8H,1-2H3. The first-order valence-corrected chi connectivity index (χ1v) is 5.26. The Morgan fingerprint density at radius 2 is 1.59 bits per heavy atom. The van der Waals surface area contributed by atoms with Gasteiger partial charge in [0.1, 0.15) is 0 Å². The number of carbonyl (C=O) groups excluding carboxylic acids is 2. The van der Waals surface area contributed by atoms with E-state index in [4.69, 9.17) is 4.74 Å². The molecule has 0 N–H and O–H groups in total. The summed E-state index contributed by atoms with van der Waals surface area (Å²) in [4.78, 5) is 23.2. The Morgan fingerprint density at radius 3 is 2.12 bits per heavy atom. The molecule has 0 saturated heterocycles. The van der Waals surface area contributed by atoms with E-state index in [2.05, 4.69) is 0 Å². The van der Waals surface area contributed by atoms with Crippen LogP contribution in [0.25, 0.3) is 11.1 Å². The van der Waals surface area contributed by atoms with Gasteiger partial charge in [0, 0.05) is 5.56 Å². The Kier molecular flexibility index (Phi) is 2.91. The molecule has 3 heteroatoms. The lowest BCUT2D eigenvalue weighted by Crippen LogP contribution is -2.00. The Bertz CT molecular complexity index is 558. The maximum atomic E-state index is 11.6. The SMILES string of the molecule is COC(=O)c1cc(C(C)=O)c2cccccc1-2. The third-order valence-corrected chi connectivity index (χ3v) is 2.69. The summed E-state index contributed by atoms with van der Waals surface area (Å²) in [5, 5.41) is 0.